The maximum absolute atomic E-state index is 12.3. The summed E-state index contributed by atoms with van der Waals surface area (Å²) < 4.78 is 16.4. The van der Waals surface area contributed by atoms with Crippen LogP contribution in [0.25, 0.3) is 0 Å². The standard InChI is InChI=1S/C18H18N2O4/c1-11-3-6-16(19-9-11)20-13-8-18(2,24-17(13)21)12-4-5-14-15(7-12)23-10-22-14/h3-7,9,13H,8,10H2,1-2H3,(H,19,20). The van der Waals surface area contributed by atoms with Gasteiger partial charge in [-0.3, -0.25) is 0 Å². The van der Waals surface area contributed by atoms with Crippen molar-refractivity contribution in [3.63, 3.8) is 0 Å². The number of aryl methyl sites for hydroxylation is 1. The largest absolute Gasteiger partial charge is 0.454 e. The minimum absolute atomic E-state index is 0.221. The van der Waals surface area contributed by atoms with Gasteiger partial charge in [0.1, 0.15) is 17.5 Å². The molecule has 1 saturated heterocycles. The van der Waals surface area contributed by atoms with Crippen LogP contribution >= 0.6 is 0 Å². The smallest absolute Gasteiger partial charge is 0.329 e. The molecule has 0 aliphatic carbocycles. The van der Waals surface area contributed by atoms with Crippen molar-refractivity contribution in [2.24, 2.45) is 0 Å². The highest BCUT2D eigenvalue weighted by molar-refractivity contribution is 5.82. The molecule has 0 radical (unpaired) electrons. The van der Waals surface area contributed by atoms with E-state index in [2.05, 4.69) is 10.3 Å². The van der Waals surface area contributed by atoms with Crippen molar-refractivity contribution in [1.29, 1.82) is 0 Å². The predicted molar refractivity (Wildman–Crippen MR) is 87.0 cm³/mol. The number of nitrogens with one attached hydrogen (secondary N) is 1. The number of aromatic nitrogens is 1. The number of cyclic esters (lactones) is 1. The molecule has 0 amide bonds. The molecule has 1 N–H and O–H groups in total. The van der Waals surface area contributed by atoms with Crippen molar-refractivity contribution >= 4 is 11.8 Å². The van der Waals surface area contributed by atoms with Crippen LogP contribution in [0.4, 0.5) is 5.82 Å². The first-order chi connectivity index (χ1) is 11.5. The number of hydrogen-bond donors (Lipinski definition) is 1. The van der Waals surface area contributed by atoms with Crippen LogP contribution in [0.2, 0.25) is 0 Å². The van der Waals surface area contributed by atoms with Gasteiger partial charge in [0.2, 0.25) is 6.79 Å². The number of rotatable bonds is 3. The molecule has 0 spiro atoms. The highest BCUT2D eigenvalue weighted by Crippen LogP contribution is 2.42. The average molecular weight is 326 g/mol. The van der Waals surface area contributed by atoms with Gasteiger partial charge in [-0.1, -0.05) is 12.1 Å². The van der Waals surface area contributed by atoms with E-state index in [9.17, 15) is 4.79 Å². The van der Waals surface area contributed by atoms with Crippen LogP contribution < -0.4 is 14.8 Å². The molecule has 0 saturated carbocycles. The van der Waals surface area contributed by atoms with Crippen LogP contribution in [0.5, 0.6) is 11.5 Å². The molecule has 1 fully saturated rings. The van der Waals surface area contributed by atoms with Crippen molar-refractivity contribution in [2.75, 3.05) is 12.1 Å². The number of anilines is 1. The molecule has 4 rings (SSSR count). The zero-order valence-electron chi connectivity index (χ0n) is 13.5. The van der Waals surface area contributed by atoms with Crippen molar-refractivity contribution in [3.8, 4) is 11.5 Å². The highest BCUT2D eigenvalue weighted by atomic mass is 16.7. The number of benzene rings is 1. The molecule has 2 aliphatic heterocycles. The molecule has 1 aromatic heterocycles. The Morgan fingerprint density at radius 3 is 2.83 bits per heavy atom. The summed E-state index contributed by atoms with van der Waals surface area (Å²) in [6, 6.07) is 9.01. The number of hydrogen-bond acceptors (Lipinski definition) is 6. The average Bonchev–Trinajstić information content (AvgIpc) is 3.14. The molecular formula is C18H18N2O4. The first kappa shape index (κ1) is 14.8. The van der Waals surface area contributed by atoms with Gasteiger partial charge in [-0.25, -0.2) is 9.78 Å². The van der Waals surface area contributed by atoms with E-state index < -0.39 is 11.6 Å². The lowest BCUT2D eigenvalue weighted by molar-refractivity contribution is -0.148. The summed E-state index contributed by atoms with van der Waals surface area (Å²) in [5, 5.41) is 3.15. The van der Waals surface area contributed by atoms with Gasteiger partial charge in [-0.15, -0.1) is 0 Å². The van der Waals surface area contributed by atoms with Gasteiger partial charge in [0.05, 0.1) is 0 Å². The monoisotopic (exact) mass is 326 g/mol. The number of fused-ring (bicyclic) bond motifs is 1. The van der Waals surface area contributed by atoms with E-state index in [-0.39, 0.29) is 12.8 Å². The molecule has 24 heavy (non-hydrogen) atoms. The third-order valence-corrected chi connectivity index (χ3v) is 4.42. The van der Waals surface area contributed by atoms with Gasteiger partial charge in [-0.05, 0) is 43.2 Å². The summed E-state index contributed by atoms with van der Waals surface area (Å²) in [5.41, 5.74) is 1.25. The normalized spacial score (nSPS) is 24.8. The number of carbonyl (C=O) groups excluding carboxylic acids is 1. The molecule has 124 valence electrons. The Balaban J connectivity index is 1.55. The van der Waals surface area contributed by atoms with Gasteiger partial charge >= 0.3 is 5.97 Å². The number of carbonyl (C=O) groups is 1. The molecule has 2 unspecified atom stereocenters. The molecular weight excluding hydrogens is 308 g/mol. The van der Waals surface area contributed by atoms with E-state index >= 15 is 0 Å². The first-order valence-electron chi connectivity index (χ1n) is 7.86. The van der Waals surface area contributed by atoms with Crippen LogP contribution in [-0.4, -0.2) is 23.8 Å². The number of nitrogens with zero attached hydrogens (tertiary/aromatic N) is 1. The Labute approximate surface area is 139 Å². The Hall–Kier alpha value is -2.76. The molecule has 1 aromatic carbocycles. The second kappa shape index (κ2) is 5.40. The number of ether oxygens (including phenoxy) is 3. The fourth-order valence-corrected chi connectivity index (χ4v) is 3.05. The molecule has 2 aromatic rings. The van der Waals surface area contributed by atoms with E-state index in [1.807, 2.05) is 44.2 Å². The fraction of sp³-hybridized carbons (Fsp3) is 0.333. The van der Waals surface area contributed by atoms with Crippen LogP contribution in [-0.2, 0) is 15.1 Å². The van der Waals surface area contributed by atoms with Crippen molar-refractivity contribution < 1.29 is 19.0 Å². The van der Waals surface area contributed by atoms with Crippen LogP contribution in [0, 0.1) is 6.92 Å². The van der Waals surface area contributed by atoms with E-state index in [1.54, 1.807) is 6.20 Å². The molecule has 2 aliphatic rings. The predicted octanol–water partition coefficient (Wildman–Crippen LogP) is 2.76. The van der Waals surface area contributed by atoms with E-state index in [1.165, 1.54) is 0 Å². The molecule has 6 nitrogen and oxygen atoms in total. The summed E-state index contributed by atoms with van der Waals surface area (Å²) in [6.45, 7) is 4.10. The quantitative estimate of drug-likeness (QED) is 0.875. The van der Waals surface area contributed by atoms with Gasteiger partial charge in [0.15, 0.2) is 11.5 Å². The van der Waals surface area contributed by atoms with Gasteiger partial charge in [0.25, 0.3) is 0 Å². The number of esters is 1. The van der Waals surface area contributed by atoms with Gasteiger partial charge in [-0.2, -0.15) is 0 Å². The van der Waals surface area contributed by atoms with Crippen molar-refractivity contribution in [1.82, 2.24) is 4.98 Å². The zero-order valence-corrected chi connectivity index (χ0v) is 13.5. The minimum Gasteiger partial charge on any atom is -0.454 e. The van der Waals surface area contributed by atoms with Gasteiger partial charge < -0.3 is 19.5 Å². The maximum Gasteiger partial charge on any atom is 0.329 e. The molecule has 2 atom stereocenters. The summed E-state index contributed by atoms with van der Waals surface area (Å²) in [5.74, 6) is 1.78. The third kappa shape index (κ3) is 2.54. The Bertz CT molecular complexity index is 790. The van der Waals surface area contributed by atoms with Gasteiger partial charge in [0, 0.05) is 12.6 Å². The summed E-state index contributed by atoms with van der Waals surface area (Å²) in [7, 11) is 0. The third-order valence-electron chi connectivity index (χ3n) is 4.42. The SMILES string of the molecule is Cc1ccc(NC2CC(C)(c3ccc4c(c3)OCO4)OC2=O)nc1. The Kier molecular flexibility index (Phi) is 3.33. The van der Waals surface area contributed by atoms with Crippen LogP contribution in [0.1, 0.15) is 24.5 Å². The second-order valence-corrected chi connectivity index (χ2v) is 6.34. The lowest BCUT2D eigenvalue weighted by Gasteiger charge is -2.23. The summed E-state index contributed by atoms with van der Waals surface area (Å²) in [6.07, 6.45) is 2.28. The van der Waals surface area contributed by atoms with Crippen molar-refractivity contribution in [3.05, 3.63) is 47.7 Å². The maximum atomic E-state index is 12.3. The lowest BCUT2D eigenvalue weighted by Crippen LogP contribution is -2.25. The summed E-state index contributed by atoms with van der Waals surface area (Å²) >= 11 is 0. The van der Waals surface area contributed by atoms with E-state index in [4.69, 9.17) is 14.2 Å². The van der Waals surface area contributed by atoms with E-state index in [0.717, 1.165) is 11.1 Å². The first-order valence-corrected chi connectivity index (χ1v) is 7.86. The molecule has 3 heterocycles. The lowest BCUT2D eigenvalue weighted by atomic mass is 9.91. The fourth-order valence-electron chi connectivity index (χ4n) is 3.05. The van der Waals surface area contributed by atoms with E-state index in [0.29, 0.717) is 23.7 Å². The summed E-state index contributed by atoms with van der Waals surface area (Å²) in [4.78, 5) is 16.6. The zero-order chi connectivity index (χ0) is 16.7. The minimum atomic E-state index is -0.708. The Morgan fingerprint density at radius 2 is 2.04 bits per heavy atom. The van der Waals surface area contributed by atoms with Crippen LogP contribution in [0.3, 0.4) is 0 Å². The van der Waals surface area contributed by atoms with Crippen LogP contribution in [0.15, 0.2) is 36.5 Å². The number of pyridine rings is 1. The highest BCUT2D eigenvalue weighted by Gasteiger charge is 2.45. The molecule has 6 heteroatoms. The topological polar surface area (TPSA) is 69.7 Å². The van der Waals surface area contributed by atoms with Crippen molar-refractivity contribution in [2.45, 2.75) is 31.9 Å². The second-order valence-electron chi connectivity index (χ2n) is 6.34. The molecule has 0 bridgehead atoms. The Morgan fingerprint density at radius 1 is 1.21 bits per heavy atom.